The zero-order valence-electron chi connectivity index (χ0n) is 17.5. The number of nitrogens with two attached hydrogens (primary N) is 1. The van der Waals surface area contributed by atoms with Crippen LogP contribution in [0, 0.1) is 0 Å². The van der Waals surface area contributed by atoms with E-state index >= 15 is 0 Å². The smallest absolute Gasteiger partial charge is 0.321 e. The van der Waals surface area contributed by atoms with Gasteiger partial charge in [-0.2, -0.15) is 8.42 Å². The van der Waals surface area contributed by atoms with Crippen molar-refractivity contribution in [2.45, 2.75) is 18.3 Å². The van der Waals surface area contributed by atoms with Gasteiger partial charge in [0.2, 0.25) is 0 Å². The van der Waals surface area contributed by atoms with Crippen LogP contribution in [-0.2, 0) is 15.6 Å². The van der Waals surface area contributed by atoms with Crippen molar-refractivity contribution in [2.24, 2.45) is 5.14 Å². The van der Waals surface area contributed by atoms with E-state index in [9.17, 15) is 13.2 Å². The summed E-state index contributed by atoms with van der Waals surface area (Å²) < 4.78 is 36.0. The van der Waals surface area contributed by atoms with Crippen LogP contribution >= 0.6 is 0 Å². The number of methoxy groups -OCH3 is 2. The quantitative estimate of drug-likeness (QED) is 0.748. The van der Waals surface area contributed by atoms with E-state index in [1.807, 2.05) is 12.1 Å². The molecule has 4 rings (SSSR count). The molecule has 31 heavy (non-hydrogen) atoms. The number of hydrogen-bond acceptors (Lipinski definition) is 5. The van der Waals surface area contributed by atoms with Crippen LogP contribution < -0.4 is 24.2 Å². The van der Waals surface area contributed by atoms with E-state index in [0.29, 0.717) is 55.3 Å². The molecule has 2 aliphatic rings. The van der Waals surface area contributed by atoms with Gasteiger partial charge in [-0.25, -0.2) is 9.93 Å². The van der Waals surface area contributed by atoms with Crippen LogP contribution in [0.3, 0.4) is 0 Å². The van der Waals surface area contributed by atoms with Gasteiger partial charge in [0, 0.05) is 31.1 Å². The number of para-hydroxylation sites is 1. The maximum Gasteiger partial charge on any atom is 0.321 e. The Morgan fingerprint density at radius 2 is 1.81 bits per heavy atom. The number of urea groups is 1. The number of nitrogens with zero attached hydrogens (tertiary/aromatic N) is 2. The minimum Gasteiger partial charge on any atom is -0.497 e. The number of rotatable bonds is 4. The number of likely N-dealkylation sites (tertiary alicyclic amines) is 1. The number of carbonyl (C=O) groups is 1. The molecule has 1 spiro atoms. The summed E-state index contributed by atoms with van der Waals surface area (Å²) in [5, 5.41) is 8.35. The Hall–Kier alpha value is -2.98. The van der Waals surface area contributed by atoms with Crippen molar-refractivity contribution >= 4 is 27.6 Å². The third-order valence-corrected chi connectivity index (χ3v) is 7.10. The predicted octanol–water partition coefficient (Wildman–Crippen LogP) is 2.29. The van der Waals surface area contributed by atoms with Crippen molar-refractivity contribution in [3.63, 3.8) is 0 Å². The summed E-state index contributed by atoms with van der Waals surface area (Å²) in [6.07, 6.45) is 1.28. The molecule has 0 atom stereocenters. The van der Waals surface area contributed by atoms with Crippen molar-refractivity contribution < 1.29 is 22.7 Å². The van der Waals surface area contributed by atoms with Crippen molar-refractivity contribution in [3.05, 3.63) is 48.0 Å². The Balaban J connectivity index is 1.49. The average molecular weight is 447 g/mol. The number of anilines is 2. The Morgan fingerprint density at radius 1 is 1.10 bits per heavy atom. The molecule has 3 N–H and O–H groups in total. The lowest BCUT2D eigenvalue weighted by Crippen LogP contribution is -2.49. The third-order valence-electron chi connectivity index (χ3n) is 6.16. The molecule has 2 aromatic rings. The largest absolute Gasteiger partial charge is 0.497 e. The zero-order chi connectivity index (χ0) is 22.2. The fraction of sp³-hybridized carbons (Fsp3) is 0.381. The van der Waals surface area contributed by atoms with E-state index in [-0.39, 0.29) is 11.4 Å². The van der Waals surface area contributed by atoms with E-state index in [1.165, 1.54) is 11.4 Å². The zero-order valence-corrected chi connectivity index (χ0v) is 18.3. The summed E-state index contributed by atoms with van der Waals surface area (Å²) in [4.78, 5) is 14.6. The molecule has 0 aliphatic carbocycles. The van der Waals surface area contributed by atoms with Crippen molar-refractivity contribution in [1.29, 1.82) is 0 Å². The maximum absolute atomic E-state index is 12.9. The first-order chi connectivity index (χ1) is 14.8. The normalized spacial score (nSPS) is 17.4. The van der Waals surface area contributed by atoms with Crippen molar-refractivity contribution in [3.8, 4) is 11.5 Å². The molecule has 0 saturated carbocycles. The number of piperidine rings is 1. The number of amides is 2. The standard InChI is InChI=1S/C21H26N4O5S/c1-29-15-7-8-17(19(13-15)30-2)23-20(26)24-11-9-21(10-12-24)14-25(31(22,27)28)18-6-4-3-5-16(18)21/h3-8,13H,9-12,14H2,1-2H3,(H,23,26)(H2,22,27,28). The molecule has 166 valence electrons. The van der Waals surface area contributed by atoms with Gasteiger partial charge in [-0.15, -0.1) is 0 Å². The second-order valence-electron chi connectivity index (χ2n) is 7.83. The predicted molar refractivity (Wildman–Crippen MR) is 118 cm³/mol. The average Bonchev–Trinajstić information content (AvgIpc) is 3.09. The lowest BCUT2D eigenvalue weighted by atomic mass is 9.74. The molecule has 0 aromatic heterocycles. The van der Waals surface area contributed by atoms with Gasteiger partial charge < -0.3 is 19.7 Å². The highest BCUT2D eigenvalue weighted by molar-refractivity contribution is 7.90. The van der Waals surface area contributed by atoms with Crippen LogP contribution in [0.15, 0.2) is 42.5 Å². The first kappa shape index (κ1) is 21.3. The molecule has 10 heteroatoms. The summed E-state index contributed by atoms with van der Waals surface area (Å²) in [5.41, 5.74) is 1.81. The number of carbonyl (C=O) groups excluding carboxylic acids is 1. The lowest BCUT2D eigenvalue weighted by molar-refractivity contribution is 0.173. The maximum atomic E-state index is 12.9. The van der Waals surface area contributed by atoms with Gasteiger partial charge in [-0.1, -0.05) is 18.2 Å². The Kier molecular flexibility index (Phi) is 5.44. The van der Waals surface area contributed by atoms with Gasteiger partial charge >= 0.3 is 6.03 Å². The van der Waals surface area contributed by atoms with Crippen molar-refractivity contribution in [2.75, 3.05) is 43.5 Å². The monoisotopic (exact) mass is 446 g/mol. The van der Waals surface area contributed by atoms with Crippen molar-refractivity contribution in [1.82, 2.24) is 4.90 Å². The minimum atomic E-state index is -3.86. The second-order valence-corrected chi connectivity index (χ2v) is 9.30. The number of ether oxygens (including phenoxy) is 2. The molecule has 2 amide bonds. The molecule has 1 saturated heterocycles. The minimum absolute atomic E-state index is 0.229. The fourth-order valence-corrected chi connectivity index (χ4v) is 5.33. The molecule has 0 radical (unpaired) electrons. The molecule has 2 aromatic carbocycles. The Morgan fingerprint density at radius 3 is 2.45 bits per heavy atom. The highest BCUT2D eigenvalue weighted by Crippen LogP contribution is 2.47. The molecular weight excluding hydrogens is 420 g/mol. The first-order valence-corrected chi connectivity index (χ1v) is 11.5. The third kappa shape index (κ3) is 3.88. The molecule has 0 bridgehead atoms. The molecule has 2 heterocycles. The van der Waals surface area contributed by atoms with E-state index < -0.39 is 10.2 Å². The van der Waals surface area contributed by atoms with Gasteiger partial charge in [0.1, 0.15) is 11.5 Å². The van der Waals surface area contributed by atoms with Gasteiger partial charge in [-0.3, -0.25) is 4.31 Å². The summed E-state index contributed by atoms with van der Waals surface area (Å²) >= 11 is 0. The van der Waals surface area contributed by atoms with Gasteiger partial charge in [-0.05, 0) is 36.6 Å². The first-order valence-electron chi connectivity index (χ1n) is 9.95. The number of benzene rings is 2. The van der Waals surface area contributed by atoms with Crippen LogP contribution in [0.25, 0.3) is 0 Å². The van der Waals surface area contributed by atoms with Gasteiger partial charge in [0.25, 0.3) is 10.2 Å². The lowest BCUT2D eigenvalue weighted by Gasteiger charge is -2.39. The summed E-state index contributed by atoms with van der Waals surface area (Å²) in [5.74, 6) is 1.14. The molecule has 1 fully saturated rings. The summed E-state index contributed by atoms with van der Waals surface area (Å²) in [6, 6.07) is 12.4. The van der Waals surface area contributed by atoms with Crippen LogP contribution in [0.2, 0.25) is 0 Å². The molecule has 9 nitrogen and oxygen atoms in total. The second kappa shape index (κ2) is 7.93. The molecule has 2 aliphatic heterocycles. The highest BCUT2D eigenvalue weighted by Gasteiger charge is 2.47. The van der Waals surface area contributed by atoms with Crippen LogP contribution in [0.4, 0.5) is 16.2 Å². The highest BCUT2D eigenvalue weighted by atomic mass is 32.2. The summed E-state index contributed by atoms with van der Waals surface area (Å²) in [6.45, 7) is 1.29. The topological polar surface area (TPSA) is 114 Å². The molecular formula is C21H26N4O5S. The number of nitrogens with one attached hydrogen (secondary N) is 1. The Bertz CT molecular complexity index is 1100. The fourth-order valence-electron chi connectivity index (χ4n) is 4.47. The SMILES string of the molecule is COc1ccc(NC(=O)N2CCC3(CC2)CN(S(N)(=O)=O)c2ccccc23)c(OC)c1. The van der Waals surface area contributed by atoms with Crippen LogP contribution in [0.5, 0.6) is 11.5 Å². The van der Waals surface area contributed by atoms with E-state index in [4.69, 9.17) is 14.6 Å². The van der Waals surface area contributed by atoms with Gasteiger partial charge in [0.05, 0.1) is 25.6 Å². The summed E-state index contributed by atoms with van der Waals surface area (Å²) in [7, 11) is -0.763. The van der Waals surface area contributed by atoms with Gasteiger partial charge in [0.15, 0.2) is 0 Å². The van der Waals surface area contributed by atoms with Crippen LogP contribution in [-0.4, -0.2) is 53.2 Å². The number of hydrogen-bond donors (Lipinski definition) is 2. The Labute approximate surface area is 181 Å². The number of fused-ring (bicyclic) bond motifs is 2. The molecule has 0 unspecified atom stereocenters. The van der Waals surface area contributed by atoms with E-state index in [1.54, 1.807) is 42.3 Å². The van der Waals surface area contributed by atoms with E-state index in [0.717, 1.165) is 5.56 Å². The van der Waals surface area contributed by atoms with E-state index in [2.05, 4.69) is 5.32 Å². The van der Waals surface area contributed by atoms with Crippen LogP contribution in [0.1, 0.15) is 18.4 Å².